The topological polar surface area (TPSA) is 77.4 Å². The standard InChI is InChI=1S/C26H22Cl2N4O3/c1-14-23(25(33)30-19-13-21(34-2)17(28)12-22(19)35-3)24(15-8-10-16(27)11-9-15)32-20-7-5-4-6-18(20)31-26(32)29-14/h4-13,24H,1-3H3,(H,29,31)(H,30,33)/t24-/m0/s1. The molecule has 3 aromatic carbocycles. The number of nitrogens with one attached hydrogen (secondary N) is 2. The highest BCUT2D eigenvalue weighted by Crippen LogP contribution is 2.41. The van der Waals surface area contributed by atoms with Crippen molar-refractivity contribution in [2.24, 2.45) is 0 Å². The lowest BCUT2D eigenvalue weighted by molar-refractivity contribution is -0.113. The van der Waals surface area contributed by atoms with Gasteiger partial charge in [-0.3, -0.25) is 9.36 Å². The van der Waals surface area contributed by atoms with E-state index in [4.69, 9.17) is 37.7 Å². The van der Waals surface area contributed by atoms with Crippen molar-refractivity contribution in [3.05, 3.63) is 87.5 Å². The summed E-state index contributed by atoms with van der Waals surface area (Å²) in [7, 11) is 3.03. The number of allylic oxidation sites excluding steroid dienone is 1. The van der Waals surface area contributed by atoms with Crippen LogP contribution in [0.4, 0.5) is 11.6 Å². The number of amides is 1. The Morgan fingerprint density at radius 1 is 1.03 bits per heavy atom. The van der Waals surface area contributed by atoms with Crippen molar-refractivity contribution in [1.82, 2.24) is 9.55 Å². The van der Waals surface area contributed by atoms with Gasteiger partial charge < -0.3 is 20.1 Å². The number of para-hydroxylation sites is 2. The predicted octanol–water partition coefficient (Wildman–Crippen LogP) is 6.29. The summed E-state index contributed by atoms with van der Waals surface area (Å²) in [6.07, 6.45) is 0. The summed E-state index contributed by atoms with van der Waals surface area (Å²) >= 11 is 12.4. The maximum atomic E-state index is 13.9. The molecule has 1 aromatic heterocycles. The first kappa shape index (κ1) is 23.1. The van der Waals surface area contributed by atoms with E-state index in [0.29, 0.717) is 44.5 Å². The van der Waals surface area contributed by atoms with E-state index in [9.17, 15) is 4.79 Å². The van der Waals surface area contributed by atoms with E-state index >= 15 is 0 Å². The molecular weight excluding hydrogens is 487 g/mol. The van der Waals surface area contributed by atoms with Crippen LogP contribution in [0.15, 0.2) is 71.9 Å². The quantitative estimate of drug-likeness (QED) is 0.331. The normalized spacial score (nSPS) is 14.9. The molecule has 4 aromatic rings. The van der Waals surface area contributed by atoms with Gasteiger partial charge in [0.05, 0.1) is 47.6 Å². The molecule has 178 valence electrons. The molecule has 1 aliphatic rings. The molecule has 35 heavy (non-hydrogen) atoms. The number of hydrogen-bond acceptors (Lipinski definition) is 5. The van der Waals surface area contributed by atoms with Crippen LogP contribution < -0.4 is 20.1 Å². The molecule has 0 bridgehead atoms. The van der Waals surface area contributed by atoms with Crippen LogP contribution in [0.5, 0.6) is 11.5 Å². The smallest absolute Gasteiger partial charge is 0.255 e. The molecule has 5 rings (SSSR count). The molecule has 0 unspecified atom stereocenters. The Kier molecular flexibility index (Phi) is 6.05. The van der Waals surface area contributed by atoms with E-state index in [-0.39, 0.29) is 5.91 Å². The molecule has 1 amide bonds. The summed E-state index contributed by atoms with van der Waals surface area (Å²) in [4.78, 5) is 18.6. The third-order valence-electron chi connectivity index (χ3n) is 5.98. The maximum absolute atomic E-state index is 13.9. The number of hydrogen-bond donors (Lipinski definition) is 2. The second kappa shape index (κ2) is 9.17. The zero-order valence-corrected chi connectivity index (χ0v) is 20.7. The predicted molar refractivity (Wildman–Crippen MR) is 139 cm³/mol. The molecule has 1 aliphatic heterocycles. The van der Waals surface area contributed by atoms with E-state index in [1.54, 1.807) is 12.1 Å². The average molecular weight is 509 g/mol. The summed E-state index contributed by atoms with van der Waals surface area (Å²) in [6, 6.07) is 18.1. The fraction of sp³-hybridized carbons (Fsp3) is 0.154. The lowest BCUT2D eigenvalue weighted by atomic mass is 9.94. The number of nitrogens with zero attached hydrogens (tertiary/aromatic N) is 2. The van der Waals surface area contributed by atoms with Crippen molar-refractivity contribution in [2.45, 2.75) is 13.0 Å². The third-order valence-corrected chi connectivity index (χ3v) is 6.53. The number of imidazole rings is 1. The van der Waals surface area contributed by atoms with Crippen molar-refractivity contribution < 1.29 is 14.3 Å². The summed E-state index contributed by atoms with van der Waals surface area (Å²) in [5.41, 5.74) is 4.27. The minimum Gasteiger partial charge on any atom is -0.495 e. The highest BCUT2D eigenvalue weighted by atomic mass is 35.5. The van der Waals surface area contributed by atoms with Crippen molar-refractivity contribution in [2.75, 3.05) is 24.9 Å². The largest absolute Gasteiger partial charge is 0.495 e. The SMILES string of the molecule is COc1cc(NC(=O)C2=C(C)Nc3nc4ccccc4n3[C@H]2c2ccc(Cl)cc2)c(OC)cc1Cl. The number of rotatable bonds is 5. The number of halogens is 2. The molecule has 0 saturated heterocycles. The Bertz CT molecular complexity index is 1480. The van der Waals surface area contributed by atoms with Crippen LogP contribution in [0.1, 0.15) is 18.5 Å². The number of benzene rings is 3. The fourth-order valence-corrected chi connectivity index (χ4v) is 4.72. The van der Waals surface area contributed by atoms with Gasteiger partial charge in [-0.1, -0.05) is 47.5 Å². The van der Waals surface area contributed by atoms with Crippen LogP contribution in [-0.4, -0.2) is 29.7 Å². The summed E-state index contributed by atoms with van der Waals surface area (Å²) in [6.45, 7) is 1.86. The molecule has 7 nitrogen and oxygen atoms in total. The molecule has 0 radical (unpaired) electrons. The molecule has 9 heteroatoms. The van der Waals surface area contributed by atoms with E-state index < -0.39 is 6.04 Å². The van der Waals surface area contributed by atoms with Crippen LogP contribution in [0.25, 0.3) is 11.0 Å². The number of fused-ring (bicyclic) bond motifs is 3. The minimum atomic E-state index is -0.448. The van der Waals surface area contributed by atoms with Crippen LogP contribution >= 0.6 is 23.2 Å². The molecule has 0 spiro atoms. The number of anilines is 2. The minimum absolute atomic E-state index is 0.305. The first-order valence-electron chi connectivity index (χ1n) is 10.8. The van der Waals surface area contributed by atoms with Gasteiger partial charge in [0.25, 0.3) is 5.91 Å². The van der Waals surface area contributed by atoms with Gasteiger partial charge in [0, 0.05) is 22.9 Å². The fourth-order valence-electron chi connectivity index (χ4n) is 4.37. The zero-order valence-electron chi connectivity index (χ0n) is 19.2. The second-order valence-corrected chi connectivity index (χ2v) is 8.90. The Morgan fingerprint density at radius 3 is 2.46 bits per heavy atom. The highest BCUT2D eigenvalue weighted by Gasteiger charge is 2.34. The van der Waals surface area contributed by atoms with Gasteiger partial charge in [-0.05, 0) is 36.8 Å². The molecular formula is C26H22Cl2N4O3. The number of aromatic nitrogens is 2. The van der Waals surface area contributed by atoms with Crippen LogP contribution in [0.2, 0.25) is 10.0 Å². The lowest BCUT2D eigenvalue weighted by Crippen LogP contribution is -2.31. The number of ether oxygens (including phenoxy) is 2. The van der Waals surface area contributed by atoms with Gasteiger partial charge in [-0.2, -0.15) is 0 Å². The van der Waals surface area contributed by atoms with Crippen LogP contribution in [0, 0.1) is 0 Å². The third kappa shape index (κ3) is 4.07. The molecule has 2 N–H and O–H groups in total. The monoisotopic (exact) mass is 508 g/mol. The Hall–Kier alpha value is -3.68. The van der Waals surface area contributed by atoms with Crippen LogP contribution in [-0.2, 0) is 4.79 Å². The van der Waals surface area contributed by atoms with Crippen molar-refractivity contribution in [3.8, 4) is 11.5 Å². The Balaban J connectivity index is 1.64. The second-order valence-electron chi connectivity index (χ2n) is 8.05. The highest BCUT2D eigenvalue weighted by molar-refractivity contribution is 6.32. The number of methoxy groups -OCH3 is 2. The van der Waals surface area contributed by atoms with Gasteiger partial charge in [-0.25, -0.2) is 4.98 Å². The summed E-state index contributed by atoms with van der Waals surface area (Å²) < 4.78 is 12.8. The summed E-state index contributed by atoms with van der Waals surface area (Å²) in [5, 5.41) is 7.28. The number of carbonyl (C=O) groups excluding carboxylic acids is 1. The van der Waals surface area contributed by atoms with Gasteiger partial charge in [0.1, 0.15) is 11.5 Å². The number of carbonyl (C=O) groups is 1. The molecule has 2 heterocycles. The first-order chi connectivity index (χ1) is 16.9. The van der Waals surface area contributed by atoms with Crippen molar-refractivity contribution in [1.29, 1.82) is 0 Å². The van der Waals surface area contributed by atoms with Crippen molar-refractivity contribution in [3.63, 3.8) is 0 Å². The molecule has 1 atom stereocenters. The molecule has 0 aliphatic carbocycles. The van der Waals surface area contributed by atoms with E-state index in [2.05, 4.69) is 10.6 Å². The summed E-state index contributed by atoms with van der Waals surface area (Å²) in [5.74, 6) is 1.20. The van der Waals surface area contributed by atoms with Crippen LogP contribution in [0.3, 0.4) is 0 Å². The Labute approximate surface area is 212 Å². The zero-order chi connectivity index (χ0) is 24.7. The van der Waals surface area contributed by atoms with E-state index in [0.717, 1.165) is 16.6 Å². The first-order valence-corrected chi connectivity index (χ1v) is 11.6. The van der Waals surface area contributed by atoms with Gasteiger partial charge in [0.15, 0.2) is 0 Å². The van der Waals surface area contributed by atoms with Gasteiger partial charge in [0.2, 0.25) is 5.95 Å². The Morgan fingerprint density at radius 2 is 1.74 bits per heavy atom. The molecule has 0 saturated carbocycles. The van der Waals surface area contributed by atoms with E-state index in [1.165, 1.54) is 14.2 Å². The van der Waals surface area contributed by atoms with Gasteiger partial charge >= 0.3 is 0 Å². The van der Waals surface area contributed by atoms with E-state index in [1.807, 2.05) is 60.0 Å². The van der Waals surface area contributed by atoms with Gasteiger partial charge in [-0.15, -0.1) is 0 Å². The molecule has 0 fully saturated rings. The average Bonchev–Trinajstić information content (AvgIpc) is 3.22. The van der Waals surface area contributed by atoms with Crippen molar-refractivity contribution >= 4 is 51.8 Å². The lowest BCUT2D eigenvalue weighted by Gasteiger charge is -2.31. The maximum Gasteiger partial charge on any atom is 0.255 e.